The molecule has 0 aliphatic carbocycles. The monoisotopic (exact) mass is 236 g/mol. The Labute approximate surface area is 103 Å². The van der Waals surface area contributed by atoms with Gasteiger partial charge >= 0.3 is 5.95 Å². The zero-order valence-electron chi connectivity index (χ0n) is 10.7. The van der Waals surface area contributed by atoms with Crippen LogP contribution in [0.15, 0.2) is 36.3 Å². The highest BCUT2D eigenvalue weighted by molar-refractivity contribution is 5.60. The lowest BCUT2D eigenvalue weighted by atomic mass is 10.2. The third-order valence-corrected chi connectivity index (χ3v) is 2.06. The van der Waals surface area contributed by atoms with Crippen molar-refractivity contribution in [3.05, 3.63) is 41.8 Å². The van der Waals surface area contributed by atoms with Gasteiger partial charge in [0.2, 0.25) is 5.76 Å². The summed E-state index contributed by atoms with van der Waals surface area (Å²) in [4.78, 5) is 0. The van der Waals surface area contributed by atoms with Crippen molar-refractivity contribution in [3.8, 4) is 0 Å². The molecule has 0 bridgehead atoms. The minimum Gasteiger partial charge on any atom is -0.487 e. The van der Waals surface area contributed by atoms with Gasteiger partial charge in [-0.05, 0) is 20.8 Å². The quantitative estimate of drug-likeness (QED) is 0.679. The molecule has 0 saturated carbocycles. The van der Waals surface area contributed by atoms with Gasteiger partial charge in [-0.15, -0.1) is 0 Å². The first-order valence-corrected chi connectivity index (χ1v) is 6.01. The summed E-state index contributed by atoms with van der Waals surface area (Å²) in [6.07, 6.45) is 0. The summed E-state index contributed by atoms with van der Waals surface area (Å²) in [5, 5.41) is 0. The molecule has 1 aromatic carbocycles. The van der Waals surface area contributed by atoms with E-state index >= 15 is 0 Å². The second-order valence-electron chi connectivity index (χ2n) is 3.28. The maximum Gasteiger partial charge on any atom is 0.324 e. The van der Waals surface area contributed by atoms with Crippen molar-refractivity contribution in [2.75, 3.05) is 19.8 Å². The smallest absolute Gasteiger partial charge is 0.324 e. The van der Waals surface area contributed by atoms with Crippen LogP contribution in [0.5, 0.6) is 0 Å². The van der Waals surface area contributed by atoms with Crippen LogP contribution >= 0.6 is 0 Å². The first-order chi connectivity index (χ1) is 8.33. The zero-order valence-corrected chi connectivity index (χ0v) is 10.7. The summed E-state index contributed by atoms with van der Waals surface area (Å²) in [5.41, 5.74) is 0.964. The second kappa shape index (κ2) is 7.60. The number of hydrogen-bond acceptors (Lipinski definition) is 3. The molecule has 3 nitrogen and oxygen atoms in total. The molecule has 94 valence electrons. The van der Waals surface area contributed by atoms with Gasteiger partial charge in [0.15, 0.2) is 0 Å². The van der Waals surface area contributed by atoms with E-state index in [9.17, 15) is 0 Å². The van der Waals surface area contributed by atoms with Gasteiger partial charge in [0, 0.05) is 5.56 Å². The van der Waals surface area contributed by atoms with Crippen LogP contribution in [-0.2, 0) is 14.2 Å². The van der Waals surface area contributed by atoms with E-state index in [0.29, 0.717) is 31.5 Å². The topological polar surface area (TPSA) is 27.7 Å². The lowest BCUT2D eigenvalue weighted by Crippen LogP contribution is -2.05. The van der Waals surface area contributed by atoms with Crippen molar-refractivity contribution >= 4 is 5.76 Å². The lowest BCUT2D eigenvalue weighted by molar-refractivity contribution is 0.0390. The van der Waals surface area contributed by atoms with Crippen LogP contribution < -0.4 is 0 Å². The molecule has 3 heteroatoms. The molecule has 17 heavy (non-hydrogen) atoms. The van der Waals surface area contributed by atoms with Gasteiger partial charge in [-0.1, -0.05) is 30.3 Å². The Morgan fingerprint density at radius 3 is 1.82 bits per heavy atom. The molecular weight excluding hydrogens is 216 g/mol. The van der Waals surface area contributed by atoms with E-state index < -0.39 is 0 Å². The van der Waals surface area contributed by atoms with Crippen molar-refractivity contribution in [2.24, 2.45) is 0 Å². The molecule has 0 spiro atoms. The Balaban J connectivity index is 3.06. The van der Waals surface area contributed by atoms with E-state index in [0.717, 1.165) is 5.56 Å². The highest BCUT2D eigenvalue weighted by Crippen LogP contribution is 2.21. The molecule has 0 heterocycles. The van der Waals surface area contributed by atoms with Crippen LogP contribution in [0.25, 0.3) is 5.76 Å². The lowest BCUT2D eigenvalue weighted by Gasteiger charge is -2.15. The van der Waals surface area contributed by atoms with E-state index in [1.54, 1.807) is 0 Å². The van der Waals surface area contributed by atoms with Crippen LogP contribution in [0.1, 0.15) is 26.3 Å². The fourth-order valence-corrected chi connectivity index (χ4v) is 1.43. The number of rotatable bonds is 7. The van der Waals surface area contributed by atoms with Crippen molar-refractivity contribution < 1.29 is 14.2 Å². The van der Waals surface area contributed by atoms with Crippen molar-refractivity contribution in [1.82, 2.24) is 0 Å². The minimum atomic E-state index is 0.461. The van der Waals surface area contributed by atoms with Gasteiger partial charge in [-0.3, -0.25) is 0 Å². The molecule has 0 aliphatic rings. The van der Waals surface area contributed by atoms with Crippen molar-refractivity contribution in [3.63, 3.8) is 0 Å². The highest BCUT2D eigenvalue weighted by Gasteiger charge is 2.13. The largest absolute Gasteiger partial charge is 0.487 e. The molecule has 0 amide bonds. The third kappa shape index (κ3) is 4.02. The predicted octanol–water partition coefficient (Wildman–Crippen LogP) is 3.42. The molecule has 0 saturated heterocycles. The molecule has 0 radical (unpaired) electrons. The van der Waals surface area contributed by atoms with Crippen LogP contribution in [0.2, 0.25) is 0 Å². The summed E-state index contributed by atoms with van der Waals surface area (Å²) >= 11 is 0. The molecule has 1 aromatic rings. The van der Waals surface area contributed by atoms with Gasteiger partial charge in [0.25, 0.3) is 0 Å². The average molecular weight is 236 g/mol. The summed E-state index contributed by atoms with van der Waals surface area (Å²) in [7, 11) is 0. The average Bonchev–Trinajstić information content (AvgIpc) is 2.37. The fourth-order valence-electron chi connectivity index (χ4n) is 1.43. The van der Waals surface area contributed by atoms with Gasteiger partial charge in [0.05, 0.1) is 19.8 Å². The van der Waals surface area contributed by atoms with Gasteiger partial charge in [-0.25, -0.2) is 0 Å². The SMILES string of the molecule is CCOC(OCC)=C(OCC)c1ccccc1. The standard InChI is InChI=1S/C14H20O3/c1-4-15-13(12-10-8-7-9-11-12)14(16-5-2)17-6-3/h7-11H,4-6H2,1-3H3. The zero-order chi connectivity index (χ0) is 12.5. The Morgan fingerprint density at radius 1 is 0.824 bits per heavy atom. The summed E-state index contributed by atoms with van der Waals surface area (Å²) in [5.74, 6) is 1.12. The second-order valence-corrected chi connectivity index (χ2v) is 3.28. The fraction of sp³-hybridized carbons (Fsp3) is 0.429. The summed E-state index contributed by atoms with van der Waals surface area (Å²) in [6.45, 7) is 7.48. The van der Waals surface area contributed by atoms with E-state index in [4.69, 9.17) is 14.2 Å². The van der Waals surface area contributed by atoms with Crippen molar-refractivity contribution in [1.29, 1.82) is 0 Å². The normalized spacial score (nSPS) is 9.59. The molecule has 0 aliphatic heterocycles. The molecule has 1 rings (SSSR count). The number of hydrogen-bond donors (Lipinski definition) is 0. The number of ether oxygens (including phenoxy) is 3. The molecule has 0 unspecified atom stereocenters. The van der Waals surface area contributed by atoms with Crippen LogP contribution in [0.4, 0.5) is 0 Å². The van der Waals surface area contributed by atoms with Crippen LogP contribution in [0.3, 0.4) is 0 Å². The summed E-state index contributed by atoms with van der Waals surface area (Å²) < 4.78 is 16.6. The Kier molecular flexibility index (Phi) is 6.00. The molecule has 0 atom stereocenters. The summed E-state index contributed by atoms with van der Waals surface area (Å²) in [6, 6.07) is 9.84. The van der Waals surface area contributed by atoms with Gasteiger partial charge < -0.3 is 14.2 Å². The Hall–Kier alpha value is -1.64. The maximum atomic E-state index is 5.62. The van der Waals surface area contributed by atoms with E-state index in [1.165, 1.54) is 0 Å². The number of benzene rings is 1. The highest BCUT2D eigenvalue weighted by atomic mass is 16.7. The molecule has 0 N–H and O–H groups in total. The van der Waals surface area contributed by atoms with E-state index in [-0.39, 0.29) is 0 Å². The van der Waals surface area contributed by atoms with Gasteiger partial charge in [0.1, 0.15) is 0 Å². The first-order valence-electron chi connectivity index (χ1n) is 6.01. The van der Waals surface area contributed by atoms with E-state index in [1.807, 2.05) is 51.1 Å². The first kappa shape index (κ1) is 13.4. The third-order valence-electron chi connectivity index (χ3n) is 2.06. The van der Waals surface area contributed by atoms with Gasteiger partial charge in [-0.2, -0.15) is 0 Å². The molecule has 0 aromatic heterocycles. The maximum absolute atomic E-state index is 5.62. The predicted molar refractivity (Wildman–Crippen MR) is 68.2 cm³/mol. The van der Waals surface area contributed by atoms with Crippen molar-refractivity contribution in [2.45, 2.75) is 20.8 Å². The Bertz CT molecular complexity index is 336. The molecular formula is C14H20O3. The molecule has 0 fully saturated rings. The minimum absolute atomic E-state index is 0.461. The van der Waals surface area contributed by atoms with Crippen LogP contribution in [-0.4, -0.2) is 19.8 Å². The Morgan fingerprint density at radius 2 is 1.35 bits per heavy atom. The van der Waals surface area contributed by atoms with Crippen LogP contribution in [0, 0.1) is 0 Å². The van der Waals surface area contributed by atoms with E-state index in [2.05, 4.69) is 0 Å².